The van der Waals surface area contributed by atoms with Crippen molar-refractivity contribution in [1.82, 2.24) is 5.32 Å². The molecule has 0 spiro atoms. The molecule has 1 aliphatic rings. The summed E-state index contributed by atoms with van der Waals surface area (Å²) < 4.78 is 5.30. The van der Waals surface area contributed by atoms with Gasteiger partial charge in [-0.15, -0.1) is 11.3 Å². The quantitative estimate of drug-likeness (QED) is 0.488. The Kier molecular flexibility index (Phi) is 7.97. The lowest BCUT2D eigenvalue weighted by Crippen LogP contribution is -2.49. The molecule has 1 fully saturated rings. The number of carboxylic acid groups (broad SMARTS) is 2. The molecule has 0 aliphatic heterocycles. The Labute approximate surface area is 197 Å². The van der Waals surface area contributed by atoms with Gasteiger partial charge in [0.05, 0.1) is 0 Å². The number of hydrogen-bond donors (Lipinski definition) is 3. The van der Waals surface area contributed by atoms with Crippen LogP contribution in [0.5, 0.6) is 5.75 Å². The number of aliphatic carboxylic acids is 1. The van der Waals surface area contributed by atoms with Gasteiger partial charge in [-0.25, -0.2) is 14.4 Å². The highest BCUT2D eigenvalue weighted by Crippen LogP contribution is 2.42. The first-order valence-electron chi connectivity index (χ1n) is 11.1. The van der Waals surface area contributed by atoms with E-state index in [1.807, 2.05) is 43.0 Å². The number of aromatic carboxylic acids is 1. The molecule has 1 saturated carbocycles. The lowest BCUT2D eigenvalue weighted by Gasteiger charge is -2.35. The largest absolute Gasteiger partial charge is 0.480 e. The summed E-state index contributed by atoms with van der Waals surface area (Å²) in [5.74, 6) is -2.29. The molecule has 2 aromatic rings. The monoisotopic (exact) mass is 474 g/mol. The van der Waals surface area contributed by atoms with Crippen molar-refractivity contribution >= 4 is 35.0 Å². The Morgan fingerprint density at radius 2 is 1.88 bits per heavy atom. The summed E-state index contributed by atoms with van der Waals surface area (Å²) in [6, 6.07) is 7.43. The van der Waals surface area contributed by atoms with Gasteiger partial charge in [0, 0.05) is 28.2 Å². The lowest BCUT2D eigenvalue weighted by atomic mass is 9.93. The fourth-order valence-electron chi connectivity index (χ4n) is 4.17. The smallest absolute Gasteiger partial charge is 0.349 e. The van der Waals surface area contributed by atoms with Gasteiger partial charge in [0.15, 0.2) is 11.5 Å². The number of hydrogen-bond acceptors (Lipinski definition) is 5. The van der Waals surface area contributed by atoms with Crippen LogP contribution < -0.4 is 15.0 Å². The third-order valence-electron chi connectivity index (χ3n) is 5.58. The van der Waals surface area contributed by atoms with E-state index in [1.54, 1.807) is 6.92 Å². The van der Waals surface area contributed by atoms with E-state index in [-0.39, 0.29) is 28.7 Å². The number of urea groups is 1. The molecule has 0 atom stereocenters. The number of anilines is 1. The van der Waals surface area contributed by atoms with E-state index in [2.05, 4.69) is 5.32 Å². The second-order valence-electron chi connectivity index (χ2n) is 8.52. The number of carbonyl (C=O) groups excluding carboxylic acids is 1. The average molecular weight is 475 g/mol. The topological polar surface area (TPSA) is 116 Å². The molecule has 3 N–H and O–H groups in total. The van der Waals surface area contributed by atoms with Crippen LogP contribution in [0.25, 0.3) is 10.4 Å². The number of carbonyl (C=O) groups is 3. The van der Waals surface area contributed by atoms with Crippen LogP contribution in [-0.4, -0.2) is 46.9 Å². The Morgan fingerprint density at radius 1 is 1.18 bits per heavy atom. The average Bonchev–Trinajstić information content (AvgIpc) is 3.09. The first-order valence-corrected chi connectivity index (χ1v) is 11.9. The van der Waals surface area contributed by atoms with Crippen molar-refractivity contribution in [2.24, 2.45) is 0 Å². The van der Waals surface area contributed by atoms with E-state index in [0.717, 1.165) is 48.3 Å². The summed E-state index contributed by atoms with van der Waals surface area (Å²) in [6.07, 6.45) is 5.19. The lowest BCUT2D eigenvalue weighted by molar-refractivity contribution is -0.139. The number of benzene rings is 1. The zero-order chi connectivity index (χ0) is 24.1. The Balaban J connectivity index is 2.02. The molecular formula is C24H30N2O6S. The van der Waals surface area contributed by atoms with Gasteiger partial charge in [-0.2, -0.15) is 0 Å². The number of carboxylic acids is 2. The highest BCUT2D eigenvalue weighted by atomic mass is 32.1. The fraction of sp³-hybridized carbons (Fsp3) is 0.458. The molecule has 3 rings (SSSR count). The van der Waals surface area contributed by atoms with E-state index in [0.29, 0.717) is 10.4 Å². The van der Waals surface area contributed by atoms with Crippen LogP contribution in [-0.2, 0) is 4.79 Å². The van der Waals surface area contributed by atoms with Crippen LogP contribution in [0.2, 0.25) is 0 Å². The third kappa shape index (κ3) is 5.84. The molecule has 8 nitrogen and oxygen atoms in total. The van der Waals surface area contributed by atoms with Crippen molar-refractivity contribution in [3.8, 4) is 16.2 Å². The molecule has 0 radical (unpaired) electrons. The van der Waals surface area contributed by atoms with Crippen LogP contribution in [0.15, 0.2) is 24.3 Å². The van der Waals surface area contributed by atoms with E-state index in [9.17, 15) is 19.5 Å². The first kappa shape index (κ1) is 24.6. The molecule has 0 bridgehead atoms. The molecular weight excluding hydrogens is 444 g/mol. The molecule has 1 aliphatic carbocycles. The minimum Gasteiger partial charge on any atom is -0.480 e. The van der Waals surface area contributed by atoms with E-state index >= 15 is 0 Å². The highest BCUT2D eigenvalue weighted by Gasteiger charge is 2.28. The third-order valence-corrected chi connectivity index (χ3v) is 6.89. The SMILES string of the molecule is Cc1c(-c2cccc(N(C(=O)NC(C)C)C3CCCCC3)c2)sc(C(=O)O)c1OCC(=O)O. The predicted octanol–water partition coefficient (Wildman–Crippen LogP) is 5.14. The maximum atomic E-state index is 13.1. The molecule has 0 saturated heterocycles. The molecule has 2 amide bonds. The molecule has 33 heavy (non-hydrogen) atoms. The van der Waals surface area contributed by atoms with Gasteiger partial charge in [0.1, 0.15) is 5.75 Å². The van der Waals surface area contributed by atoms with E-state index < -0.39 is 18.5 Å². The number of amides is 2. The van der Waals surface area contributed by atoms with Crippen molar-refractivity contribution in [3.63, 3.8) is 0 Å². The molecule has 1 aromatic carbocycles. The fourth-order valence-corrected chi connectivity index (χ4v) is 5.26. The summed E-state index contributed by atoms with van der Waals surface area (Å²) in [4.78, 5) is 38.3. The van der Waals surface area contributed by atoms with Crippen LogP contribution in [0.1, 0.15) is 61.2 Å². The Hall–Kier alpha value is -3.07. The molecule has 1 heterocycles. The minimum absolute atomic E-state index is 0.00150. The van der Waals surface area contributed by atoms with Crippen molar-refractivity contribution < 1.29 is 29.3 Å². The summed E-state index contributed by atoms with van der Waals surface area (Å²) in [5.41, 5.74) is 2.06. The second kappa shape index (κ2) is 10.7. The Bertz CT molecular complexity index is 1030. The van der Waals surface area contributed by atoms with Gasteiger partial charge in [0.25, 0.3) is 0 Å². The molecule has 1 aromatic heterocycles. The maximum absolute atomic E-state index is 13.1. The predicted molar refractivity (Wildman–Crippen MR) is 128 cm³/mol. The molecule has 0 unspecified atom stereocenters. The molecule has 9 heteroatoms. The van der Waals surface area contributed by atoms with Gasteiger partial charge >= 0.3 is 18.0 Å². The number of ether oxygens (including phenoxy) is 1. The second-order valence-corrected chi connectivity index (χ2v) is 9.54. The van der Waals surface area contributed by atoms with Gasteiger partial charge in [-0.05, 0) is 51.3 Å². The van der Waals surface area contributed by atoms with E-state index in [1.165, 1.54) is 6.42 Å². The summed E-state index contributed by atoms with van der Waals surface area (Å²) in [5, 5.41) is 21.6. The van der Waals surface area contributed by atoms with Crippen molar-refractivity contribution in [2.75, 3.05) is 11.5 Å². The number of nitrogens with zero attached hydrogens (tertiary/aromatic N) is 1. The summed E-state index contributed by atoms with van der Waals surface area (Å²) in [7, 11) is 0. The highest BCUT2D eigenvalue weighted by molar-refractivity contribution is 7.18. The normalized spacial score (nSPS) is 14.2. The standard InChI is InChI=1S/C24H30N2O6S/c1-14(2)25-24(31)26(17-9-5-4-6-10-17)18-11-7-8-16(12-18)21-15(3)20(32-13-19(27)28)22(33-21)23(29)30/h7-8,11-12,14,17H,4-6,9-10,13H2,1-3H3,(H,25,31)(H,27,28)(H,29,30). The van der Waals surface area contributed by atoms with Crippen LogP contribution in [0.3, 0.4) is 0 Å². The van der Waals surface area contributed by atoms with Gasteiger partial charge in [0.2, 0.25) is 0 Å². The van der Waals surface area contributed by atoms with Crippen molar-refractivity contribution in [1.29, 1.82) is 0 Å². The maximum Gasteiger partial charge on any atom is 0.349 e. The zero-order valence-corrected chi connectivity index (χ0v) is 19.9. The van der Waals surface area contributed by atoms with Crippen LogP contribution in [0.4, 0.5) is 10.5 Å². The van der Waals surface area contributed by atoms with Crippen LogP contribution in [0, 0.1) is 6.92 Å². The first-order chi connectivity index (χ1) is 15.7. The summed E-state index contributed by atoms with van der Waals surface area (Å²) >= 11 is 1.04. The van der Waals surface area contributed by atoms with E-state index in [4.69, 9.17) is 9.84 Å². The van der Waals surface area contributed by atoms with Gasteiger partial charge < -0.3 is 20.3 Å². The van der Waals surface area contributed by atoms with Gasteiger partial charge in [-0.3, -0.25) is 4.90 Å². The zero-order valence-electron chi connectivity index (χ0n) is 19.1. The minimum atomic E-state index is -1.18. The van der Waals surface area contributed by atoms with Crippen molar-refractivity contribution in [3.05, 3.63) is 34.7 Å². The van der Waals surface area contributed by atoms with Crippen molar-refractivity contribution in [2.45, 2.75) is 65.0 Å². The van der Waals surface area contributed by atoms with Gasteiger partial charge in [-0.1, -0.05) is 31.4 Å². The molecule has 178 valence electrons. The van der Waals surface area contributed by atoms with Crippen LogP contribution >= 0.6 is 11.3 Å². The number of nitrogens with one attached hydrogen (secondary N) is 1. The number of thiophene rings is 1. The number of rotatable bonds is 8. The Morgan fingerprint density at radius 3 is 2.48 bits per heavy atom. The summed E-state index contributed by atoms with van der Waals surface area (Å²) in [6.45, 7) is 4.94.